The van der Waals surface area contributed by atoms with E-state index in [1.165, 1.54) is 0 Å². The molecule has 2 aromatic rings. The summed E-state index contributed by atoms with van der Waals surface area (Å²) in [6.45, 7) is -0.436. The third-order valence-electron chi connectivity index (χ3n) is 3.42. The van der Waals surface area contributed by atoms with Crippen LogP contribution < -0.4 is 51.4 Å². The summed E-state index contributed by atoms with van der Waals surface area (Å²) in [6, 6.07) is 10.1. The number of hydrogen-bond donors (Lipinski definition) is 0. The minimum atomic E-state index is -4.50. The number of amides is 2. The van der Waals surface area contributed by atoms with E-state index in [1.54, 1.807) is 36.4 Å². The van der Waals surface area contributed by atoms with Crippen LogP contribution in [0, 0.1) is 0 Å². The molecule has 2 aromatic carbocycles. The van der Waals surface area contributed by atoms with Gasteiger partial charge < -0.3 is 4.55 Å². The van der Waals surface area contributed by atoms with Gasteiger partial charge >= 0.3 is 51.4 Å². The van der Waals surface area contributed by atoms with Crippen molar-refractivity contribution >= 4 is 32.7 Å². The molecule has 0 bridgehead atoms. The van der Waals surface area contributed by atoms with Crippen molar-refractivity contribution < 1.29 is 73.9 Å². The van der Waals surface area contributed by atoms with E-state index in [-0.39, 0.29) is 51.4 Å². The van der Waals surface area contributed by atoms with Gasteiger partial charge in [-0.15, -0.1) is 0 Å². The molecule has 0 radical (unpaired) electrons. The summed E-state index contributed by atoms with van der Waals surface area (Å²) in [5, 5.41) is 1.33. The summed E-state index contributed by atoms with van der Waals surface area (Å²) in [6.07, 6.45) is 0. The van der Waals surface area contributed by atoms with Gasteiger partial charge in [-0.3, -0.25) is 14.5 Å². The second-order valence-electron chi connectivity index (χ2n) is 4.73. The molecule has 0 saturated carbocycles. The number of nitrogens with zero attached hydrogens (tertiary/aromatic N) is 1. The van der Waals surface area contributed by atoms with Crippen molar-refractivity contribution in [2.75, 3.05) is 12.3 Å². The van der Waals surface area contributed by atoms with E-state index in [1.807, 2.05) is 0 Å². The van der Waals surface area contributed by atoms with Crippen molar-refractivity contribution in [2.24, 2.45) is 0 Å². The van der Waals surface area contributed by atoms with Gasteiger partial charge in [0.2, 0.25) is 0 Å². The fourth-order valence-electron chi connectivity index (χ4n) is 2.49. The maximum Gasteiger partial charge on any atom is 1.00 e. The Kier molecular flexibility index (Phi) is 5.22. The molecule has 0 fully saturated rings. The molecule has 1 aliphatic rings. The summed E-state index contributed by atoms with van der Waals surface area (Å²) < 4.78 is 32.2. The molecule has 108 valence electrons. The minimum Gasteiger partial charge on any atom is -0.748 e. The smallest absolute Gasteiger partial charge is 0.748 e. The summed E-state index contributed by atoms with van der Waals surface area (Å²) in [4.78, 5) is 25.5. The van der Waals surface area contributed by atoms with Gasteiger partial charge in [-0.1, -0.05) is 24.3 Å². The Hall–Kier alpha value is -0.614. The van der Waals surface area contributed by atoms with Gasteiger partial charge in [-0.05, 0) is 17.5 Å². The van der Waals surface area contributed by atoms with Crippen LogP contribution in [-0.2, 0) is 10.1 Å². The van der Waals surface area contributed by atoms with Gasteiger partial charge in [0, 0.05) is 23.1 Å². The average molecular weight is 343 g/mol. The largest absolute Gasteiger partial charge is 1.00 e. The first kappa shape index (κ1) is 17.7. The van der Waals surface area contributed by atoms with E-state index in [2.05, 4.69) is 0 Å². The molecule has 0 spiro atoms. The monoisotopic (exact) mass is 343 g/mol. The second kappa shape index (κ2) is 6.48. The Bertz CT molecular complexity index is 827. The average Bonchev–Trinajstić information content (AvgIpc) is 2.43. The Morgan fingerprint density at radius 3 is 1.91 bits per heavy atom. The SMILES string of the molecule is O=C1c2cccc3cccc(c23)C(=O)N1CCS(=O)(=O)[O-].[K+]. The van der Waals surface area contributed by atoms with Crippen LogP contribution in [-0.4, -0.2) is 42.0 Å². The molecule has 0 N–H and O–H groups in total. The van der Waals surface area contributed by atoms with E-state index >= 15 is 0 Å². The van der Waals surface area contributed by atoms with Crippen LogP contribution >= 0.6 is 0 Å². The van der Waals surface area contributed by atoms with Crippen molar-refractivity contribution in [3.8, 4) is 0 Å². The van der Waals surface area contributed by atoms with Gasteiger partial charge in [0.1, 0.15) is 0 Å². The predicted molar refractivity (Wildman–Crippen MR) is 73.9 cm³/mol. The fraction of sp³-hybridized carbons (Fsp3) is 0.143. The summed E-state index contributed by atoms with van der Waals surface area (Å²) in [5.41, 5.74) is 0.678. The van der Waals surface area contributed by atoms with Gasteiger partial charge in [0.05, 0.1) is 15.9 Å². The van der Waals surface area contributed by atoms with Crippen LogP contribution in [0.2, 0.25) is 0 Å². The van der Waals surface area contributed by atoms with Crippen LogP contribution in [0.15, 0.2) is 36.4 Å². The van der Waals surface area contributed by atoms with Gasteiger partial charge in [0.25, 0.3) is 11.8 Å². The van der Waals surface area contributed by atoms with E-state index in [9.17, 15) is 22.6 Å². The van der Waals surface area contributed by atoms with E-state index in [0.717, 1.165) is 10.3 Å². The zero-order chi connectivity index (χ0) is 15.2. The standard InChI is InChI=1S/C14H11NO5S.K/c16-13-10-5-1-3-9-4-2-6-11(12(9)10)14(17)15(13)7-8-21(18,19)20;/h1-6H,7-8H2,(H,18,19,20);/q;+1/p-1. The summed E-state index contributed by atoms with van der Waals surface area (Å²) in [5.74, 6) is -1.94. The molecule has 1 aliphatic heterocycles. The molecule has 0 unspecified atom stereocenters. The molecular weight excluding hydrogens is 333 g/mol. The first-order valence-electron chi connectivity index (χ1n) is 6.20. The molecule has 6 nitrogen and oxygen atoms in total. The molecule has 0 saturated heterocycles. The molecule has 0 aliphatic carbocycles. The molecule has 0 atom stereocenters. The maximum atomic E-state index is 12.3. The van der Waals surface area contributed by atoms with E-state index in [0.29, 0.717) is 16.5 Å². The van der Waals surface area contributed by atoms with Crippen LogP contribution in [0.25, 0.3) is 10.8 Å². The Labute approximate surface area is 169 Å². The summed E-state index contributed by atoms with van der Waals surface area (Å²) >= 11 is 0. The third kappa shape index (κ3) is 3.18. The molecule has 2 amide bonds. The van der Waals surface area contributed by atoms with Crippen molar-refractivity contribution in [3.63, 3.8) is 0 Å². The Morgan fingerprint density at radius 2 is 1.45 bits per heavy atom. The first-order chi connectivity index (χ1) is 9.88. The quantitative estimate of drug-likeness (QED) is 0.364. The maximum absolute atomic E-state index is 12.3. The third-order valence-corrected chi connectivity index (χ3v) is 4.10. The first-order valence-corrected chi connectivity index (χ1v) is 7.78. The van der Waals surface area contributed by atoms with E-state index in [4.69, 9.17) is 0 Å². The number of imide groups is 1. The molecule has 1 heterocycles. The zero-order valence-electron chi connectivity index (χ0n) is 11.8. The van der Waals surface area contributed by atoms with Gasteiger partial charge in [-0.2, -0.15) is 0 Å². The van der Waals surface area contributed by atoms with Crippen molar-refractivity contribution in [3.05, 3.63) is 47.5 Å². The topological polar surface area (TPSA) is 94.6 Å². The second-order valence-corrected chi connectivity index (χ2v) is 6.26. The van der Waals surface area contributed by atoms with Crippen molar-refractivity contribution in [1.29, 1.82) is 0 Å². The predicted octanol–water partition coefficient (Wildman–Crippen LogP) is -2.01. The number of rotatable bonds is 3. The number of carbonyl (C=O) groups is 2. The number of benzene rings is 2. The van der Waals surface area contributed by atoms with Crippen LogP contribution in [0.1, 0.15) is 20.7 Å². The fourth-order valence-corrected chi connectivity index (χ4v) is 2.89. The minimum absolute atomic E-state index is 0. The van der Waals surface area contributed by atoms with Crippen molar-refractivity contribution in [1.82, 2.24) is 4.90 Å². The van der Waals surface area contributed by atoms with Gasteiger partial charge in [-0.25, -0.2) is 8.42 Å². The van der Waals surface area contributed by atoms with E-state index < -0.39 is 34.2 Å². The molecule has 22 heavy (non-hydrogen) atoms. The zero-order valence-corrected chi connectivity index (χ0v) is 15.7. The molecule has 3 rings (SSSR count). The van der Waals surface area contributed by atoms with Crippen LogP contribution in [0.3, 0.4) is 0 Å². The van der Waals surface area contributed by atoms with Gasteiger partial charge in [0.15, 0.2) is 0 Å². The molecular formula is C14H10KNO5S. The van der Waals surface area contributed by atoms with Crippen LogP contribution in [0.5, 0.6) is 0 Å². The summed E-state index contributed by atoms with van der Waals surface area (Å²) in [7, 11) is -4.50. The van der Waals surface area contributed by atoms with Crippen LogP contribution in [0.4, 0.5) is 0 Å². The Morgan fingerprint density at radius 1 is 0.955 bits per heavy atom. The van der Waals surface area contributed by atoms with Crippen molar-refractivity contribution in [2.45, 2.75) is 0 Å². The normalized spacial score (nSPS) is 14.1. The number of carbonyl (C=O) groups excluding carboxylic acids is 2. The molecule has 0 aromatic heterocycles. The number of hydrogen-bond acceptors (Lipinski definition) is 5. The Balaban J connectivity index is 0.00000176. The molecule has 8 heteroatoms.